The SMILES string of the molecule is CC(=O)N[C@H]1[C@@H](O[C@H](C)[C@H](NC(=O)[C@@H](NC(=O)OCc2ccccc2)C(C)C)C(=O)NCC(=O)OCc2ccccc2)O[C@H](COC(C)=O)[C@H](OC(C)=O)[C@@H]1OC(C)=O. The van der Waals surface area contributed by atoms with Crippen LogP contribution in [0.25, 0.3) is 0 Å². The van der Waals surface area contributed by atoms with Gasteiger partial charge in [-0.1, -0.05) is 74.5 Å². The average molecular weight is 829 g/mol. The summed E-state index contributed by atoms with van der Waals surface area (Å²) in [7, 11) is 0. The van der Waals surface area contributed by atoms with E-state index >= 15 is 0 Å². The van der Waals surface area contributed by atoms with E-state index < -0.39 is 116 Å². The molecule has 1 aliphatic heterocycles. The van der Waals surface area contributed by atoms with Crippen molar-refractivity contribution in [3.8, 4) is 0 Å². The summed E-state index contributed by atoms with van der Waals surface area (Å²) in [4.78, 5) is 102. The molecule has 59 heavy (non-hydrogen) atoms. The Morgan fingerprint density at radius 1 is 0.661 bits per heavy atom. The highest BCUT2D eigenvalue weighted by Crippen LogP contribution is 2.29. The van der Waals surface area contributed by atoms with Crippen LogP contribution in [0.1, 0.15) is 59.6 Å². The molecule has 0 aromatic heterocycles. The lowest BCUT2D eigenvalue weighted by Gasteiger charge is -2.46. The van der Waals surface area contributed by atoms with E-state index in [1.807, 2.05) is 0 Å². The van der Waals surface area contributed by atoms with Crippen LogP contribution >= 0.6 is 0 Å². The zero-order valence-corrected chi connectivity index (χ0v) is 33.9. The normalized spacial score (nSPS) is 20.0. The molecule has 19 heteroatoms. The Labute approximate surface area is 341 Å². The van der Waals surface area contributed by atoms with E-state index in [2.05, 4.69) is 21.3 Å². The monoisotopic (exact) mass is 828 g/mol. The molecule has 2 aromatic rings. The fraction of sp³-hybridized carbons (Fsp3) is 0.500. The summed E-state index contributed by atoms with van der Waals surface area (Å²) in [6.45, 7) is 7.75. The zero-order valence-electron chi connectivity index (χ0n) is 33.9. The van der Waals surface area contributed by atoms with Gasteiger partial charge in [-0.25, -0.2) is 4.79 Å². The van der Waals surface area contributed by atoms with Crippen molar-refractivity contribution in [3.63, 3.8) is 0 Å². The van der Waals surface area contributed by atoms with Crippen molar-refractivity contribution in [2.24, 2.45) is 5.92 Å². The van der Waals surface area contributed by atoms with Crippen LogP contribution in [-0.2, 0) is 79.9 Å². The lowest BCUT2D eigenvalue weighted by molar-refractivity contribution is -0.287. The second kappa shape index (κ2) is 23.4. The molecule has 19 nitrogen and oxygen atoms in total. The number of carbonyl (C=O) groups excluding carboxylic acids is 8. The van der Waals surface area contributed by atoms with E-state index in [4.69, 9.17) is 33.2 Å². The quantitative estimate of drug-likeness (QED) is 0.115. The molecule has 0 radical (unpaired) electrons. The van der Waals surface area contributed by atoms with Crippen LogP contribution in [0.2, 0.25) is 0 Å². The van der Waals surface area contributed by atoms with Crippen molar-refractivity contribution in [3.05, 3.63) is 71.8 Å². The summed E-state index contributed by atoms with van der Waals surface area (Å²) in [5.74, 6) is -6.18. The lowest BCUT2D eigenvalue weighted by Crippen LogP contribution is -2.68. The van der Waals surface area contributed by atoms with E-state index in [1.54, 1.807) is 74.5 Å². The second-order valence-electron chi connectivity index (χ2n) is 13.8. The summed E-state index contributed by atoms with van der Waals surface area (Å²) in [6, 6.07) is 13.3. The minimum absolute atomic E-state index is 0.0762. The summed E-state index contributed by atoms with van der Waals surface area (Å²) in [6.07, 6.45) is -8.18. The van der Waals surface area contributed by atoms with Gasteiger partial charge in [-0.3, -0.25) is 33.6 Å². The van der Waals surface area contributed by atoms with Gasteiger partial charge in [-0.2, -0.15) is 0 Å². The van der Waals surface area contributed by atoms with Gasteiger partial charge in [0.25, 0.3) is 0 Å². The third-order valence-corrected chi connectivity index (χ3v) is 8.55. The first-order valence-corrected chi connectivity index (χ1v) is 18.8. The highest BCUT2D eigenvalue weighted by Gasteiger charge is 2.52. The van der Waals surface area contributed by atoms with Crippen molar-refractivity contribution >= 4 is 47.7 Å². The molecule has 3 rings (SSSR count). The van der Waals surface area contributed by atoms with Crippen LogP contribution < -0.4 is 21.3 Å². The minimum Gasteiger partial charge on any atom is -0.463 e. The van der Waals surface area contributed by atoms with Gasteiger partial charge in [0.2, 0.25) is 17.7 Å². The number of amides is 4. The van der Waals surface area contributed by atoms with Crippen LogP contribution in [0.3, 0.4) is 0 Å². The standard InChI is InChI=1S/C40H52N4O15/c1-22(2)32(44-40(52)55-20-29-16-12-9-13-17-29)38(51)43-33(37(50)41-18-31(49)54-19-28-14-10-8-11-15-28)23(3)56-39-34(42-24(4)45)36(58-27(7)48)35(57-26(6)47)30(59-39)21-53-25(5)46/h8-17,22-23,30,32-36,39H,18-21H2,1-7H3,(H,41,50)(H,42,45)(H,43,51)(H,44,52)/t23-,30-,32+,33+,34-,35+,36-,39+/m1/s1. The Balaban J connectivity index is 1.92. The Kier molecular flexibility index (Phi) is 18.7. The van der Waals surface area contributed by atoms with Gasteiger partial charge in [0.15, 0.2) is 18.5 Å². The van der Waals surface area contributed by atoms with Gasteiger partial charge in [0.05, 0.1) is 6.10 Å². The van der Waals surface area contributed by atoms with Crippen molar-refractivity contribution < 1.29 is 71.5 Å². The van der Waals surface area contributed by atoms with Crippen LogP contribution in [0.15, 0.2) is 60.7 Å². The van der Waals surface area contributed by atoms with Crippen LogP contribution in [0.5, 0.6) is 0 Å². The van der Waals surface area contributed by atoms with Crippen LogP contribution in [0, 0.1) is 5.92 Å². The summed E-state index contributed by atoms with van der Waals surface area (Å²) in [5.41, 5.74) is 1.40. The van der Waals surface area contributed by atoms with E-state index in [0.29, 0.717) is 11.1 Å². The largest absolute Gasteiger partial charge is 0.463 e. The first kappa shape index (κ1) is 47.3. The topological polar surface area (TPSA) is 249 Å². The molecule has 0 aliphatic carbocycles. The fourth-order valence-electron chi connectivity index (χ4n) is 5.82. The number of nitrogens with one attached hydrogen (secondary N) is 4. The van der Waals surface area contributed by atoms with E-state index in [-0.39, 0.29) is 13.2 Å². The van der Waals surface area contributed by atoms with Crippen LogP contribution in [-0.4, -0.2) is 110 Å². The van der Waals surface area contributed by atoms with E-state index in [1.165, 1.54) is 6.92 Å². The Morgan fingerprint density at radius 2 is 1.22 bits per heavy atom. The molecule has 4 N–H and O–H groups in total. The van der Waals surface area contributed by atoms with Crippen molar-refractivity contribution in [1.29, 1.82) is 0 Å². The zero-order chi connectivity index (χ0) is 43.6. The van der Waals surface area contributed by atoms with E-state index in [0.717, 1.165) is 27.7 Å². The average Bonchev–Trinajstić information content (AvgIpc) is 3.17. The molecule has 322 valence electrons. The molecule has 1 saturated heterocycles. The molecule has 1 aliphatic rings. The molecule has 0 saturated carbocycles. The summed E-state index contributed by atoms with van der Waals surface area (Å²) >= 11 is 0. The molecular formula is C40H52N4O15. The molecule has 2 aromatic carbocycles. The maximum atomic E-state index is 13.9. The fourth-order valence-corrected chi connectivity index (χ4v) is 5.82. The number of ether oxygens (including phenoxy) is 7. The number of carbonyl (C=O) groups is 8. The van der Waals surface area contributed by atoms with Gasteiger partial charge in [-0.15, -0.1) is 0 Å². The number of alkyl carbamates (subject to hydrolysis) is 1. The maximum absolute atomic E-state index is 13.9. The van der Waals surface area contributed by atoms with Gasteiger partial charge in [0.1, 0.15) is 50.6 Å². The molecule has 0 unspecified atom stereocenters. The highest BCUT2D eigenvalue weighted by atomic mass is 16.7. The predicted octanol–water partition coefficient (Wildman–Crippen LogP) is 1.34. The van der Waals surface area contributed by atoms with Gasteiger partial charge < -0.3 is 54.4 Å². The predicted molar refractivity (Wildman–Crippen MR) is 204 cm³/mol. The number of rotatable bonds is 19. The molecular weight excluding hydrogens is 776 g/mol. The van der Waals surface area contributed by atoms with Crippen molar-refractivity contribution in [2.45, 2.75) is 111 Å². The smallest absolute Gasteiger partial charge is 0.408 e. The molecule has 0 spiro atoms. The molecule has 4 amide bonds. The lowest BCUT2D eigenvalue weighted by atomic mass is 9.95. The van der Waals surface area contributed by atoms with Crippen molar-refractivity contribution in [1.82, 2.24) is 21.3 Å². The molecule has 1 fully saturated rings. The summed E-state index contributed by atoms with van der Waals surface area (Å²) in [5, 5.41) is 10.1. The second-order valence-corrected chi connectivity index (χ2v) is 13.8. The maximum Gasteiger partial charge on any atom is 0.408 e. The highest BCUT2D eigenvalue weighted by molar-refractivity contribution is 5.93. The first-order chi connectivity index (χ1) is 27.9. The third kappa shape index (κ3) is 16.0. The molecule has 8 atom stereocenters. The minimum atomic E-state index is -1.64. The number of hydrogen-bond acceptors (Lipinski definition) is 15. The number of esters is 4. The summed E-state index contributed by atoms with van der Waals surface area (Å²) < 4.78 is 38.9. The number of hydrogen-bond donors (Lipinski definition) is 4. The molecule has 1 heterocycles. The Hall–Kier alpha value is -6.08. The number of benzene rings is 2. The van der Waals surface area contributed by atoms with Crippen LogP contribution in [0.4, 0.5) is 4.79 Å². The Bertz CT molecular complexity index is 1760. The molecule has 0 bridgehead atoms. The van der Waals surface area contributed by atoms with E-state index in [9.17, 15) is 38.4 Å². The van der Waals surface area contributed by atoms with Gasteiger partial charge in [0, 0.05) is 27.7 Å². The third-order valence-electron chi connectivity index (χ3n) is 8.55. The first-order valence-electron chi connectivity index (χ1n) is 18.8. The van der Waals surface area contributed by atoms with Gasteiger partial charge in [-0.05, 0) is 24.0 Å². The Morgan fingerprint density at radius 3 is 1.75 bits per heavy atom. The van der Waals surface area contributed by atoms with Crippen molar-refractivity contribution in [2.75, 3.05) is 13.2 Å². The van der Waals surface area contributed by atoms with Gasteiger partial charge >= 0.3 is 30.0 Å².